The maximum Gasteiger partial charge on any atom is 0.131 e. The summed E-state index contributed by atoms with van der Waals surface area (Å²) >= 11 is 0. The number of nitrogens with two attached hydrogens (primary N) is 1. The molecule has 1 aromatic rings. The van der Waals surface area contributed by atoms with Crippen LogP contribution in [0.4, 0.5) is 0 Å². The average molecular weight is 304 g/mol. The molecule has 0 fully saturated rings. The Kier molecular flexibility index (Phi) is 8.42. The third kappa shape index (κ3) is 4.76. The topological polar surface area (TPSA) is 53.7 Å². The molecule has 0 saturated carbocycles. The molecular formula is C15H26ClNO3. The van der Waals surface area contributed by atoms with Crippen molar-refractivity contribution in [1.29, 1.82) is 0 Å². The Labute approximate surface area is 128 Å². The van der Waals surface area contributed by atoms with Gasteiger partial charge in [0, 0.05) is 18.2 Å². The van der Waals surface area contributed by atoms with Crippen LogP contribution in [0.15, 0.2) is 12.1 Å². The smallest absolute Gasteiger partial charge is 0.131 e. The van der Waals surface area contributed by atoms with Crippen molar-refractivity contribution in [3.05, 3.63) is 17.7 Å². The summed E-state index contributed by atoms with van der Waals surface area (Å²) in [7, 11) is 4.88. The maximum atomic E-state index is 6.29. The van der Waals surface area contributed by atoms with E-state index in [4.69, 9.17) is 19.9 Å². The first-order chi connectivity index (χ1) is 9.03. The third-order valence-electron chi connectivity index (χ3n) is 3.18. The second-order valence-electron chi connectivity index (χ2n) is 5.02. The summed E-state index contributed by atoms with van der Waals surface area (Å²) in [5.41, 5.74) is 7.20. The predicted octanol–water partition coefficient (Wildman–Crippen LogP) is 3.57. The van der Waals surface area contributed by atoms with Crippen molar-refractivity contribution < 1.29 is 14.2 Å². The van der Waals surface area contributed by atoms with E-state index < -0.39 is 0 Å². The number of rotatable bonds is 7. The number of halogens is 1. The van der Waals surface area contributed by atoms with Crippen molar-refractivity contribution in [2.24, 2.45) is 11.7 Å². The molecule has 1 rings (SSSR count). The highest BCUT2D eigenvalue weighted by Crippen LogP contribution is 2.39. The highest BCUT2D eigenvalue weighted by Gasteiger charge is 2.19. The van der Waals surface area contributed by atoms with Gasteiger partial charge in [0.25, 0.3) is 0 Å². The van der Waals surface area contributed by atoms with Gasteiger partial charge in [-0.15, -0.1) is 12.4 Å². The van der Waals surface area contributed by atoms with E-state index in [0.717, 1.165) is 18.4 Å². The zero-order valence-electron chi connectivity index (χ0n) is 12.9. The fraction of sp³-hybridized carbons (Fsp3) is 0.600. The molecule has 0 saturated heterocycles. The Morgan fingerprint density at radius 3 is 1.80 bits per heavy atom. The second-order valence-corrected chi connectivity index (χ2v) is 5.02. The summed E-state index contributed by atoms with van der Waals surface area (Å²) in [5.74, 6) is 2.76. The van der Waals surface area contributed by atoms with E-state index in [-0.39, 0.29) is 18.4 Å². The average Bonchev–Trinajstić information content (AvgIpc) is 2.42. The fourth-order valence-corrected chi connectivity index (χ4v) is 2.06. The molecule has 0 aliphatic carbocycles. The summed E-state index contributed by atoms with van der Waals surface area (Å²) in [6.45, 7) is 4.38. The van der Waals surface area contributed by atoms with Crippen molar-refractivity contribution in [3.63, 3.8) is 0 Å². The minimum absolute atomic E-state index is 0. The third-order valence-corrected chi connectivity index (χ3v) is 3.18. The minimum Gasteiger partial charge on any atom is -0.496 e. The van der Waals surface area contributed by atoms with Crippen molar-refractivity contribution in [1.82, 2.24) is 0 Å². The van der Waals surface area contributed by atoms with Crippen molar-refractivity contribution in [2.75, 3.05) is 21.3 Å². The molecule has 1 atom stereocenters. The van der Waals surface area contributed by atoms with Crippen molar-refractivity contribution >= 4 is 12.4 Å². The highest BCUT2D eigenvalue weighted by molar-refractivity contribution is 5.85. The Morgan fingerprint density at radius 2 is 1.45 bits per heavy atom. The van der Waals surface area contributed by atoms with Crippen LogP contribution in [0.1, 0.15) is 38.3 Å². The molecule has 0 radical (unpaired) electrons. The van der Waals surface area contributed by atoms with E-state index in [1.54, 1.807) is 21.3 Å². The largest absolute Gasteiger partial charge is 0.496 e. The molecule has 5 heteroatoms. The summed E-state index contributed by atoms with van der Waals surface area (Å²) in [4.78, 5) is 0. The molecule has 0 amide bonds. The zero-order valence-corrected chi connectivity index (χ0v) is 13.8. The van der Waals surface area contributed by atoms with Crippen LogP contribution in [0.3, 0.4) is 0 Å². The molecule has 4 nitrogen and oxygen atoms in total. The second kappa shape index (κ2) is 8.93. The van der Waals surface area contributed by atoms with Gasteiger partial charge in [-0.1, -0.05) is 13.8 Å². The lowest BCUT2D eigenvalue weighted by molar-refractivity contribution is 0.360. The van der Waals surface area contributed by atoms with E-state index in [0.29, 0.717) is 23.2 Å². The monoisotopic (exact) mass is 303 g/mol. The van der Waals surface area contributed by atoms with Gasteiger partial charge in [-0.25, -0.2) is 0 Å². The molecule has 0 spiro atoms. The van der Waals surface area contributed by atoms with E-state index >= 15 is 0 Å². The summed E-state index contributed by atoms with van der Waals surface area (Å²) < 4.78 is 16.1. The Hall–Kier alpha value is -1.13. The molecule has 1 aromatic carbocycles. The Bertz CT molecular complexity index is 385. The number of ether oxygens (including phenoxy) is 3. The summed E-state index contributed by atoms with van der Waals surface area (Å²) in [5, 5.41) is 0. The van der Waals surface area contributed by atoms with Crippen molar-refractivity contribution in [2.45, 2.75) is 32.7 Å². The molecule has 0 unspecified atom stereocenters. The van der Waals surface area contributed by atoms with E-state index in [1.807, 2.05) is 12.1 Å². The standard InChI is InChI=1S/C15H25NO3.ClH/c1-10(2)6-7-12(16)15-13(18-4)8-11(17-3)9-14(15)19-5;/h8-10,12H,6-7,16H2,1-5H3;1H/t12-;/m1./s1. The van der Waals surface area contributed by atoms with Gasteiger partial charge in [0.15, 0.2) is 0 Å². The lowest BCUT2D eigenvalue weighted by atomic mass is 9.96. The van der Waals surface area contributed by atoms with Gasteiger partial charge in [0.2, 0.25) is 0 Å². The molecular weight excluding hydrogens is 278 g/mol. The van der Waals surface area contributed by atoms with Crippen molar-refractivity contribution in [3.8, 4) is 17.2 Å². The number of benzene rings is 1. The molecule has 2 N–H and O–H groups in total. The minimum atomic E-state index is -0.0989. The molecule has 116 valence electrons. The first kappa shape index (κ1) is 18.9. The summed E-state index contributed by atoms with van der Waals surface area (Å²) in [6.07, 6.45) is 1.97. The first-order valence-electron chi connectivity index (χ1n) is 6.59. The van der Waals surface area contributed by atoms with Gasteiger partial charge in [-0.3, -0.25) is 0 Å². The molecule has 0 aliphatic rings. The van der Waals surface area contributed by atoms with Crippen LogP contribution in [0, 0.1) is 5.92 Å². The Balaban J connectivity index is 0.00000361. The van der Waals surface area contributed by atoms with Gasteiger partial charge >= 0.3 is 0 Å². The maximum absolute atomic E-state index is 6.29. The highest BCUT2D eigenvalue weighted by atomic mass is 35.5. The normalized spacial score (nSPS) is 11.8. The predicted molar refractivity (Wildman–Crippen MR) is 84.3 cm³/mol. The molecule has 0 aliphatic heterocycles. The van der Waals surface area contributed by atoms with Crippen LogP contribution in [0.2, 0.25) is 0 Å². The molecule has 0 bridgehead atoms. The SMILES string of the molecule is COc1cc(OC)c([C@H](N)CCC(C)C)c(OC)c1.Cl. The van der Waals surface area contributed by atoms with Crippen LogP contribution < -0.4 is 19.9 Å². The van der Waals surface area contributed by atoms with Crippen LogP contribution in [-0.2, 0) is 0 Å². The van der Waals surface area contributed by atoms with Crippen LogP contribution >= 0.6 is 12.4 Å². The fourth-order valence-electron chi connectivity index (χ4n) is 2.06. The van der Waals surface area contributed by atoms with Gasteiger partial charge in [0.1, 0.15) is 17.2 Å². The van der Waals surface area contributed by atoms with Gasteiger partial charge in [0.05, 0.1) is 26.9 Å². The van der Waals surface area contributed by atoms with Gasteiger partial charge in [-0.2, -0.15) is 0 Å². The number of methoxy groups -OCH3 is 3. The van der Waals surface area contributed by atoms with E-state index in [1.165, 1.54) is 0 Å². The molecule has 0 heterocycles. The van der Waals surface area contributed by atoms with E-state index in [9.17, 15) is 0 Å². The Morgan fingerprint density at radius 1 is 0.950 bits per heavy atom. The lowest BCUT2D eigenvalue weighted by Gasteiger charge is -2.20. The van der Waals surface area contributed by atoms with Crippen LogP contribution in [0.5, 0.6) is 17.2 Å². The molecule has 0 aromatic heterocycles. The van der Waals surface area contributed by atoms with Crippen LogP contribution in [0.25, 0.3) is 0 Å². The van der Waals surface area contributed by atoms with E-state index in [2.05, 4.69) is 13.8 Å². The quantitative estimate of drug-likeness (QED) is 0.836. The molecule has 20 heavy (non-hydrogen) atoms. The summed E-state index contributed by atoms with van der Waals surface area (Å²) in [6, 6.07) is 3.58. The number of hydrogen-bond donors (Lipinski definition) is 1. The van der Waals surface area contributed by atoms with Gasteiger partial charge in [-0.05, 0) is 18.8 Å². The van der Waals surface area contributed by atoms with Gasteiger partial charge < -0.3 is 19.9 Å². The lowest BCUT2D eigenvalue weighted by Crippen LogP contribution is -2.14. The van der Waals surface area contributed by atoms with Crippen LogP contribution in [-0.4, -0.2) is 21.3 Å². The zero-order chi connectivity index (χ0) is 14.4. The first-order valence-corrected chi connectivity index (χ1v) is 6.59. The number of hydrogen-bond acceptors (Lipinski definition) is 4.